The monoisotopic (exact) mass is 201 g/mol. The molecule has 14 heavy (non-hydrogen) atoms. The van der Waals surface area contributed by atoms with Crippen LogP contribution in [0.2, 0.25) is 0 Å². The molecule has 0 radical (unpaired) electrons. The van der Waals surface area contributed by atoms with E-state index in [9.17, 15) is 4.79 Å². The fourth-order valence-corrected chi connectivity index (χ4v) is 1.61. The lowest BCUT2D eigenvalue weighted by Crippen LogP contribution is -2.43. The summed E-state index contributed by atoms with van der Waals surface area (Å²) in [5, 5.41) is 0. The molecule has 0 aliphatic rings. The fraction of sp³-hybridized carbons (Fsp3) is 0.909. The Kier molecular flexibility index (Phi) is 6.54. The van der Waals surface area contributed by atoms with Crippen molar-refractivity contribution in [1.82, 2.24) is 4.90 Å². The zero-order chi connectivity index (χ0) is 11.1. The van der Waals surface area contributed by atoms with Crippen molar-refractivity contribution in [3.63, 3.8) is 0 Å². The molecule has 0 rings (SSSR count). The van der Waals surface area contributed by atoms with Crippen LogP contribution in [0.25, 0.3) is 0 Å². The molecule has 0 heterocycles. The van der Waals surface area contributed by atoms with Crippen molar-refractivity contribution < 1.29 is 9.53 Å². The molecule has 0 spiro atoms. The summed E-state index contributed by atoms with van der Waals surface area (Å²) in [6.45, 7) is 8.48. The van der Waals surface area contributed by atoms with Crippen LogP contribution in [-0.2, 0) is 9.53 Å². The number of hydrogen-bond acceptors (Lipinski definition) is 3. The van der Waals surface area contributed by atoms with E-state index in [4.69, 9.17) is 4.74 Å². The van der Waals surface area contributed by atoms with E-state index in [1.54, 1.807) is 0 Å². The van der Waals surface area contributed by atoms with Crippen LogP contribution in [0.5, 0.6) is 0 Å². The summed E-state index contributed by atoms with van der Waals surface area (Å²) in [6.07, 6.45) is 2.13. The molecule has 0 saturated heterocycles. The molecule has 0 aliphatic carbocycles. The molecule has 0 aromatic rings. The molecule has 0 aliphatic heterocycles. The number of nitrogens with zero attached hydrogens (tertiary/aromatic N) is 1. The van der Waals surface area contributed by atoms with Crippen LogP contribution in [-0.4, -0.2) is 36.6 Å². The first-order valence-electron chi connectivity index (χ1n) is 5.46. The summed E-state index contributed by atoms with van der Waals surface area (Å²) in [5.74, 6) is -0.123. The Bertz CT molecular complexity index is 167. The standard InChI is InChI=1S/C11H23NO2/c1-6-10(7-2)12(5)9(4)11(13)14-8-3/h9-10H,6-8H2,1-5H3. The van der Waals surface area contributed by atoms with Gasteiger partial charge in [-0.3, -0.25) is 9.69 Å². The molecular weight excluding hydrogens is 178 g/mol. The van der Waals surface area contributed by atoms with Gasteiger partial charge in [0.15, 0.2) is 0 Å². The Hall–Kier alpha value is -0.570. The van der Waals surface area contributed by atoms with Gasteiger partial charge in [0.05, 0.1) is 6.61 Å². The molecule has 3 nitrogen and oxygen atoms in total. The summed E-state index contributed by atoms with van der Waals surface area (Å²) in [7, 11) is 1.99. The van der Waals surface area contributed by atoms with E-state index >= 15 is 0 Å². The topological polar surface area (TPSA) is 29.5 Å². The summed E-state index contributed by atoms with van der Waals surface area (Å²) in [4.78, 5) is 13.6. The van der Waals surface area contributed by atoms with Crippen LogP contribution < -0.4 is 0 Å². The van der Waals surface area contributed by atoms with Gasteiger partial charge in [0, 0.05) is 6.04 Å². The highest BCUT2D eigenvalue weighted by Crippen LogP contribution is 2.10. The van der Waals surface area contributed by atoms with Gasteiger partial charge in [0.2, 0.25) is 0 Å². The molecule has 0 N–H and O–H groups in total. The first-order chi connectivity index (χ1) is 6.58. The van der Waals surface area contributed by atoms with Gasteiger partial charge in [-0.25, -0.2) is 0 Å². The highest BCUT2D eigenvalue weighted by Gasteiger charge is 2.23. The predicted octanol–water partition coefficient (Wildman–Crippen LogP) is 2.06. The highest BCUT2D eigenvalue weighted by molar-refractivity contribution is 5.75. The average Bonchev–Trinajstić information content (AvgIpc) is 2.18. The lowest BCUT2D eigenvalue weighted by Gasteiger charge is -2.30. The predicted molar refractivity (Wildman–Crippen MR) is 58.2 cm³/mol. The molecule has 0 aromatic heterocycles. The highest BCUT2D eigenvalue weighted by atomic mass is 16.5. The van der Waals surface area contributed by atoms with Crippen LogP contribution in [0.3, 0.4) is 0 Å². The molecule has 0 amide bonds. The van der Waals surface area contributed by atoms with Gasteiger partial charge in [0.1, 0.15) is 6.04 Å². The SMILES string of the molecule is CCOC(=O)C(C)N(C)C(CC)CC. The van der Waals surface area contributed by atoms with Crippen molar-refractivity contribution in [2.75, 3.05) is 13.7 Å². The molecule has 84 valence electrons. The van der Waals surface area contributed by atoms with Gasteiger partial charge in [-0.05, 0) is 33.7 Å². The summed E-state index contributed by atoms with van der Waals surface area (Å²) in [5.41, 5.74) is 0. The maximum atomic E-state index is 11.5. The van der Waals surface area contributed by atoms with Crippen molar-refractivity contribution >= 4 is 5.97 Å². The van der Waals surface area contributed by atoms with Crippen molar-refractivity contribution in [3.8, 4) is 0 Å². The number of esters is 1. The van der Waals surface area contributed by atoms with Gasteiger partial charge >= 0.3 is 5.97 Å². The first-order valence-corrected chi connectivity index (χ1v) is 5.46. The van der Waals surface area contributed by atoms with E-state index in [1.807, 2.05) is 20.9 Å². The van der Waals surface area contributed by atoms with Crippen LogP contribution in [0.1, 0.15) is 40.5 Å². The van der Waals surface area contributed by atoms with Crippen LogP contribution in [0.15, 0.2) is 0 Å². The number of carbonyl (C=O) groups is 1. The van der Waals surface area contributed by atoms with Gasteiger partial charge in [-0.15, -0.1) is 0 Å². The Balaban J connectivity index is 4.21. The largest absolute Gasteiger partial charge is 0.465 e. The van der Waals surface area contributed by atoms with Crippen molar-refractivity contribution in [3.05, 3.63) is 0 Å². The molecule has 0 saturated carbocycles. The van der Waals surface area contributed by atoms with Crippen LogP contribution in [0, 0.1) is 0 Å². The zero-order valence-electron chi connectivity index (χ0n) is 10.0. The third kappa shape index (κ3) is 3.66. The summed E-state index contributed by atoms with van der Waals surface area (Å²) >= 11 is 0. The fourth-order valence-electron chi connectivity index (χ4n) is 1.61. The Morgan fingerprint density at radius 3 is 2.14 bits per heavy atom. The second-order valence-corrected chi connectivity index (χ2v) is 3.56. The number of ether oxygens (including phenoxy) is 1. The molecule has 0 aromatic carbocycles. The van der Waals surface area contributed by atoms with Gasteiger partial charge in [-0.1, -0.05) is 13.8 Å². The second-order valence-electron chi connectivity index (χ2n) is 3.56. The summed E-state index contributed by atoms with van der Waals surface area (Å²) in [6, 6.07) is 0.328. The van der Waals surface area contributed by atoms with Gasteiger partial charge in [-0.2, -0.15) is 0 Å². The number of hydrogen-bond donors (Lipinski definition) is 0. The quantitative estimate of drug-likeness (QED) is 0.616. The number of rotatable bonds is 6. The third-order valence-corrected chi connectivity index (χ3v) is 2.76. The summed E-state index contributed by atoms with van der Waals surface area (Å²) < 4.78 is 4.98. The van der Waals surface area contributed by atoms with Crippen molar-refractivity contribution in [1.29, 1.82) is 0 Å². The third-order valence-electron chi connectivity index (χ3n) is 2.76. The lowest BCUT2D eigenvalue weighted by molar-refractivity contribution is -0.149. The van der Waals surface area contributed by atoms with E-state index in [0.717, 1.165) is 12.8 Å². The van der Waals surface area contributed by atoms with E-state index in [-0.39, 0.29) is 12.0 Å². The Labute approximate surface area is 87.4 Å². The molecule has 3 heteroatoms. The molecule has 0 bridgehead atoms. The van der Waals surface area contributed by atoms with Crippen molar-refractivity contribution in [2.24, 2.45) is 0 Å². The molecule has 1 unspecified atom stereocenters. The maximum Gasteiger partial charge on any atom is 0.323 e. The van der Waals surface area contributed by atoms with E-state index in [1.165, 1.54) is 0 Å². The molecule has 1 atom stereocenters. The number of carbonyl (C=O) groups excluding carboxylic acids is 1. The van der Waals surface area contributed by atoms with E-state index in [2.05, 4.69) is 18.7 Å². The molecular formula is C11H23NO2. The van der Waals surface area contributed by atoms with E-state index in [0.29, 0.717) is 12.6 Å². The minimum atomic E-state index is -0.139. The first kappa shape index (κ1) is 13.4. The molecule has 0 fully saturated rings. The van der Waals surface area contributed by atoms with E-state index < -0.39 is 0 Å². The second kappa shape index (κ2) is 6.82. The van der Waals surface area contributed by atoms with Gasteiger partial charge in [0.25, 0.3) is 0 Å². The minimum absolute atomic E-state index is 0.123. The number of likely N-dealkylation sites (N-methyl/N-ethyl adjacent to an activating group) is 1. The minimum Gasteiger partial charge on any atom is -0.465 e. The average molecular weight is 201 g/mol. The van der Waals surface area contributed by atoms with Gasteiger partial charge < -0.3 is 4.74 Å². The van der Waals surface area contributed by atoms with Crippen molar-refractivity contribution in [2.45, 2.75) is 52.6 Å². The Morgan fingerprint density at radius 2 is 1.79 bits per heavy atom. The lowest BCUT2D eigenvalue weighted by atomic mass is 10.1. The normalized spacial score (nSPS) is 13.4. The Morgan fingerprint density at radius 1 is 1.29 bits per heavy atom. The maximum absolute atomic E-state index is 11.5. The van der Waals surface area contributed by atoms with Crippen LogP contribution >= 0.6 is 0 Å². The zero-order valence-corrected chi connectivity index (χ0v) is 10.0. The van der Waals surface area contributed by atoms with Crippen LogP contribution in [0.4, 0.5) is 0 Å². The smallest absolute Gasteiger partial charge is 0.323 e.